The Labute approximate surface area is 111 Å². The summed E-state index contributed by atoms with van der Waals surface area (Å²) in [6.07, 6.45) is 1.29. The summed E-state index contributed by atoms with van der Waals surface area (Å²) < 4.78 is 0. The summed E-state index contributed by atoms with van der Waals surface area (Å²) in [6.45, 7) is 4.30. The summed E-state index contributed by atoms with van der Waals surface area (Å²) in [4.78, 5) is 28.2. The van der Waals surface area contributed by atoms with E-state index >= 15 is 0 Å². The molecule has 1 aromatic heterocycles. The fourth-order valence-electron chi connectivity index (χ4n) is 1.59. The van der Waals surface area contributed by atoms with Crippen molar-refractivity contribution in [3.63, 3.8) is 0 Å². The zero-order valence-electron chi connectivity index (χ0n) is 10.8. The van der Waals surface area contributed by atoms with Gasteiger partial charge in [0.15, 0.2) is 0 Å². The van der Waals surface area contributed by atoms with Crippen molar-refractivity contribution in [1.82, 2.24) is 9.88 Å². The monoisotopic (exact) mass is 261 g/mol. The first-order valence-corrected chi connectivity index (χ1v) is 5.87. The molecule has 1 aromatic rings. The van der Waals surface area contributed by atoms with Crippen LogP contribution in [0.3, 0.4) is 0 Å². The van der Waals surface area contributed by atoms with Gasteiger partial charge in [-0.25, -0.2) is 9.78 Å². The Balaban J connectivity index is 2.95. The molecule has 1 rings (SSSR count). The van der Waals surface area contributed by atoms with Gasteiger partial charge in [-0.15, -0.1) is 0 Å². The van der Waals surface area contributed by atoms with Gasteiger partial charge in [0.25, 0.3) is 5.91 Å². The van der Waals surface area contributed by atoms with Crippen molar-refractivity contribution < 1.29 is 14.7 Å². The average molecular weight is 261 g/mol. The number of hydrogen-bond donors (Lipinski definition) is 1. The Morgan fingerprint density at radius 3 is 2.79 bits per heavy atom. The van der Waals surface area contributed by atoms with Gasteiger partial charge in [-0.1, -0.05) is 0 Å². The average Bonchev–Trinajstić information content (AvgIpc) is 2.43. The van der Waals surface area contributed by atoms with Crippen molar-refractivity contribution in [3.8, 4) is 6.07 Å². The van der Waals surface area contributed by atoms with E-state index in [2.05, 4.69) is 11.1 Å². The molecule has 0 aliphatic rings. The van der Waals surface area contributed by atoms with E-state index in [1.54, 1.807) is 13.8 Å². The van der Waals surface area contributed by atoms with Gasteiger partial charge in [0.2, 0.25) is 0 Å². The lowest BCUT2D eigenvalue weighted by atomic mass is 10.1. The highest BCUT2D eigenvalue weighted by Gasteiger charge is 2.18. The third-order valence-corrected chi connectivity index (χ3v) is 2.61. The third-order valence-electron chi connectivity index (χ3n) is 2.61. The molecule has 0 aliphatic carbocycles. The first kappa shape index (κ1) is 14.6. The van der Waals surface area contributed by atoms with Crippen molar-refractivity contribution in [1.29, 1.82) is 5.26 Å². The molecule has 0 saturated heterocycles. The van der Waals surface area contributed by atoms with E-state index in [1.807, 2.05) is 0 Å². The standard InChI is InChI=1S/C13H15N3O3/c1-3-16(8-9(2)7-14)12(17)10-4-5-15-11(6-10)13(18)19/h4-6,9H,3,8H2,1-2H3,(H,18,19). The lowest BCUT2D eigenvalue weighted by molar-refractivity contribution is 0.0690. The summed E-state index contributed by atoms with van der Waals surface area (Å²) in [5.41, 5.74) is 0.0922. The van der Waals surface area contributed by atoms with Crippen LogP contribution in [0, 0.1) is 17.2 Å². The molecule has 1 heterocycles. The molecule has 100 valence electrons. The van der Waals surface area contributed by atoms with Crippen LogP contribution in [0.4, 0.5) is 0 Å². The molecule has 1 unspecified atom stereocenters. The van der Waals surface area contributed by atoms with E-state index in [9.17, 15) is 9.59 Å². The molecule has 0 fully saturated rings. The second kappa shape index (κ2) is 6.50. The molecular weight excluding hydrogens is 246 g/mol. The maximum atomic E-state index is 12.2. The maximum Gasteiger partial charge on any atom is 0.354 e. The van der Waals surface area contributed by atoms with Crippen LogP contribution in [0.25, 0.3) is 0 Å². The topological polar surface area (TPSA) is 94.3 Å². The van der Waals surface area contributed by atoms with Gasteiger partial charge in [-0.2, -0.15) is 5.26 Å². The number of carbonyl (C=O) groups excluding carboxylic acids is 1. The van der Waals surface area contributed by atoms with E-state index in [-0.39, 0.29) is 23.1 Å². The van der Waals surface area contributed by atoms with Gasteiger partial charge < -0.3 is 10.0 Å². The number of nitriles is 1. The van der Waals surface area contributed by atoms with Gasteiger partial charge in [-0.3, -0.25) is 4.79 Å². The van der Waals surface area contributed by atoms with Crippen LogP contribution in [-0.2, 0) is 0 Å². The van der Waals surface area contributed by atoms with Crippen LogP contribution in [0.1, 0.15) is 34.7 Å². The number of nitrogens with zero attached hydrogens (tertiary/aromatic N) is 3. The summed E-state index contributed by atoms with van der Waals surface area (Å²) >= 11 is 0. The Hall–Kier alpha value is -2.42. The first-order chi connectivity index (χ1) is 8.99. The molecule has 0 saturated carbocycles. The van der Waals surface area contributed by atoms with E-state index in [0.717, 1.165) is 0 Å². The van der Waals surface area contributed by atoms with Crippen LogP contribution in [0.2, 0.25) is 0 Å². The SMILES string of the molecule is CCN(CC(C)C#N)C(=O)c1ccnc(C(=O)O)c1. The Kier molecular flexibility index (Phi) is 5.01. The largest absolute Gasteiger partial charge is 0.477 e. The maximum absolute atomic E-state index is 12.2. The number of amides is 1. The smallest absolute Gasteiger partial charge is 0.354 e. The highest BCUT2D eigenvalue weighted by molar-refractivity contribution is 5.96. The van der Waals surface area contributed by atoms with Crippen molar-refractivity contribution in [2.45, 2.75) is 13.8 Å². The minimum atomic E-state index is -1.18. The molecule has 0 bridgehead atoms. The molecule has 1 atom stereocenters. The van der Waals surface area contributed by atoms with E-state index in [4.69, 9.17) is 10.4 Å². The summed E-state index contributed by atoms with van der Waals surface area (Å²) in [7, 11) is 0. The predicted molar refractivity (Wildman–Crippen MR) is 67.6 cm³/mol. The molecule has 0 radical (unpaired) electrons. The van der Waals surface area contributed by atoms with Gasteiger partial charge in [0.1, 0.15) is 5.69 Å². The number of aromatic carboxylic acids is 1. The Bertz CT molecular complexity index is 522. The van der Waals surface area contributed by atoms with Crippen LogP contribution in [0.15, 0.2) is 18.3 Å². The highest BCUT2D eigenvalue weighted by Crippen LogP contribution is 2.08. The summed E-state index contributed by atoms with van der Waals surface area (Å²) in [5, 5.41) is 17.6. The van der Waals surface area contributed by atoms with Gasteiger partial charge in [-0.05, 0) is 26.0 Å². The van der Waals surface area contributed by atoms with E-state index in [0.29, 0.717) is 13.1 Å². The van der Waals surface area contributed by atoms with E-state index < -0.39 is 5.97 Å². The van der Waals surface area contributed by atoms with Crippen LogP contribution in [-0.4, -0.2) is 40.0 Å². The highest BCUT2D eigenvalue weighted by atomic mass is 16.4. The first-order valence-electron chi connectivity index (χ1n) is 5.87. The lowest BCUT2D eigenvalue weighted by Crippen LogP contribution is -2.34. The molecule has 19 heavy (non-hydrogen) atoms. The number of pyridine rings is 1. The minimum absolute atomic E-state index is 0.171. The predicted octanol–water partition coefficient (Wildman–Crippen LogP) is 1.40. The fourth-order valence-corrected chi connectivity index (χ4v) is 1.59. The lowest BCUT2D eigenvalue weighted by Gasteiger charge is -2.22. The van der Waals surface area contributed by atoms with Gasteiger partial charge in [0, 0.05) is 24.8 Å². The molecule has 1 N–H and O–H groups in total. The normalized spacial score (nSPS) is 11.4. The van der Waals surface area contributed by atoms with E-state index in [1.165, 1.54) is 23.2 Å². The molecule has 6 heteroatoms. The van der Waals surface area contributed by atoms with Crippen molar-refractivity contribution >= 4 is 11.9 Å². The van der Waals surface area contributed by atoms with Crippen molar-refractivity contribution in [3.05, 3.63) is 29.6 Å². The Morgan fingerprint density at radius 1 is 1.58 bits per heavy atom. The number of carboxylic acids is 1. The number of hydrogen-bond acceptors (Lipinski definition) is 4. The van der Waals surface area contributed by atoms with Crippen molar-refractivity contribution in [2.24, 2.45) is 5.92 Å². The van der Waals surface area contributed by atoms with Crippen LogP contribution in [0.5, 0.6) is 0 Å². The fraction of sp³-hybridized carbons (Fsp3) is 0.385. The zero-order chi connectivity index (χ0) is 14.4. The van der Waals surface area contributed by atoms with Gasteiger partial charge >= 0.3 is 5.97 Å². The second-order valence-electron chi connectivity index (χ2n) is 4.11. The molecular formula is C13H15N3O3. The minimum Gasteiger partial charge on any atom is -0.477 e. The summed E-state index contributed by atoms with van der Waals surface area (Å²) in [6, 6.07) is 4.77. The zero-order valence-corrected chi connectivity index (χ0v) is 10.8. The molecule has 0 spiro atoms. The molecule has 0 aliphatic heterocycles. The quantitative estimate of drug-likeness (QED) is 0.864. The number of rotatable bonds is 5. The summed E-state index contributed by atoms with van der Waals surface area (Å²) in [5.74, 6) is -1.75. The second-order valence-corrected chi connectivity index (χ2v) is 4.11. The number of aromatic nitrogens is 1. The van der Waals surface area contributed by atoms with Crippen molar-refractivity contribution in [2.75, 3.05) is 13.1 Å². The molecule has 1 amide bonds. The number of carbonyl (C=O) groups is 2. The van der Waals surface area contributed by atoms with Crippen LogP contribution < -0.4 is 0 Å². The molecule has 6 nitrogen and oxygen atoms in total. The number of carboxylic acid groups (broad SMARTS) is 1. The molecule has 0 aromatic carbocycles. The third kappa shape index (κ3) is 3.78. The van der Waals surface area contributed by atoms with Crippen LogP contribution >= 0.6 is 0 Å². The van der Waals surface area contributed by atoms with Gasteiger partial charge in [0.05, 0.1) is 12.0 Å². The Morgan fingerprint density at radius 2 is 2.26 bits per heavy atom.